The minimum absolute atomic E-state index is 0.158. The Bertz CT molecular complexity index is 389. The van der Waals surface area contributed by atoms with Gasteiger partial charge in [-0.15, -0.1) is 0 Å². The highest BCUT2D eigenvalue weighted by atomic mass is 16.5. The van der Waals surface area contributed by atoms with Crippen molar-refractivity contribution >= 4 is 0 Å². The van der Waals surface area contributed by atoms with Crippen molar-refractivity contribution < 1.29 is 14.6 Å². The van der Waals surface area contributed by atoms with Crippen molar-refractivity contribution in [1.82, 2.24) is 0 Å². The van der Waals surface area contributed by atoms with Gasteiger partial charge in [-0.2, -0.15) is 0 Å². The van der Waals surface area contributed by atoms with E-state index in [1.165, 1.54) is 0 Å². The number of aromatic hydroxyl groups is 1. The van der Waals surface area contributed by atoms with Gasteiger partial charge in [-0.25, -0.2) is 0 Å². The van der Waals surface area contributed by atoms with Crippen molar-refractivity contribution in [3.05, 3.63) is 23.8 Å². The van der Waals surface area contributed by atoms with E-state index in [4.69, 9.17) is 15.2 Å². The number of rotatable bonds is 4. The van der Waals surface area contributed by atoms with E-state index in [-0.39, 0.29) is 11.8 Å². The van der Waals surface area contributed by atoms with E-state index < -0.39 is 0 Å². The molecule has 1 heterocycles. The van der Waals surface area contributed by atoms with Gasteiger partial charge in [0.25, 0.3) is 0 Å². The van der Waals surface area contributed by atoms with Crippen molar-refractivity contribution in [2.24, 2.45) is 11.7 Å². The molecule has 4 nitrogen and oxygen atoms in total. The number of para-hydroxylation sites is 1. The van der Waals surface area contributed by atoms with Gasteiger partial charge in [0.1, 0.15) is 0 Å². The normalized spacial score (nSPS) is 18.6. The lowest BCUT2D eigenvalue weighted by Gasteiger charge is -2.28. The number of phenols is 1. The van der Waals surface area contributed by atoms with Crippen molar-refractivity contribution in [2.45, 2.75) is 25.8 Å². The predicted molar refractivity (Wildman–Crippen MR) is 69.7 cm³/mol. The van der Waals surface area contributed by atoms with Crippen LogP contribution < -0.4 is 10.5 Å². The van der Waals surface area contributed by atoms with Gasteiger partial charge in [0, 0.05) is 24.8 Å². The van der Waals surface area contributed by atoms with E-state index in [2.05, 4.69) is 0 Å². The van der Waals surface area contributed by atoms with Gasteiger partial charge < -0.3 is 20.3 Å². The molecule has 100 valence electrons. The number of benzene rings is 1. The molecule has 3 N–H and O–H groups in total. The zero-order valence-corrected chi connectivity index (χ0v) is 10.8. The molecule has 1 aromatic rings. The second kappa shape index (κ2) is 6.07. The van der Waals surface area contributed by atoms with Crippen LogP contribution in [0.1, 0.15) is 31.4 Å². The van der Waals surface area contributed by atoms with E-state index in [1.54, 1.807) is 6.07 Å². The molecule has 0 saturated carbocycles. The van der Waals surface area contributed by atoms with Crippen LogP contribution in [0.3, 0.4) is 0 Å². The highest BCUT2D eigenvalue weighted by molar-refractivity contribution is 5.47. The van der Waals surface area contributed by atoms with Gasteiger partial charge in [-0.1, -0.05) is 12.1 Å². The molecule has 0 aliphatic carbocycles. The Morgan fingerprint density at radius 2 is 2.17 bits per heavy atom. The monoisotopic (exact) mass is 251 g/mol. The average Bonchev–Trinajstić information content (AvgIpc) is 2.42. The van der Waals surface area contributed by atoms with Crippen LogP contribution >= 0.6 is 0 Å². The lowest BCUT2D eigenvalue weighted by molar-refractivity contribution is 0.0580. The van der Waals surface area contributed by atoms with Crippen LogP contribution in [0, 0.1) is 5.92 Å². The van der Waals surface area contributed by atoms with Gasteiger partial charge in [0.15, 0.2) is 11.5 Å². The lowest BCUT2D eigenvalue weighted by Crippen LogP contribution is -2.27. The summed E-state index contributed by atoms with van der Waals surface area (Å²) >= 11 is 0. The minimum atomic E-state index is -0.158. The van der Waals surface area contributed by atoms with Gasteiger partial charge in [0.2, 0.25) is 0 Å². The van der Waals surface area contributed by atoms with Crippen molar-refractivity contribution in [2.75, 3.05) is 19.8 Å². The maximum Gasteiger partial charge on any atom is 0.162 e. The van der Waals surface area contributed by atoms with E-state index >= 15 is 0 Å². The smallest absolute Gasteiger partial charge is 0.162 e. The Morgan fingerprint density at radius 1 is 1.44 bits per heavy atom. The summed E-state index contributed by atoms with van der Waals surface area (Å²) in [6.07, 6.45) is 1.89. The summed E-state index contributed by atoms with van der Waals surface area (Å²) in [6, 6.07) is 5.35. The number of phenolic OH excluding ortho intramolecular Hbond substituents is 1. The largest absolute Gasteiger partial charge is 0.504 e. The molecule has 1 atom stereocenters. The fourth-order valence-electron chi connectivity index (χ4n) is 2.41. The first kappa shape index (κ1) is 13.2. The minimum Gasteiger partial charge on any atom is -0.504 e. The zero-order valence-electron chi connectivity index (χ0n) is 10.8. The molecule has 2 rings (SSSR count). The highest BCUT2D eigenvalue weighted by Gasteiger charge is 2.25. The molecule has 1 aliphatic rings. The van der Waals surface area contributed by atoms with Crippen molar-refractivity contribution in [3.8, 4) is 11.5 Å². The topological polar surface area (TPSA) is 64.7 Å². The standard InChI is InChI=1S/C14H21NO3/c1-2-18-12-5-3-4-11(14(12)16)13(15)10-6-8-17-9-7-10/h3-5,10,13,16H,2,6-9,15H2,1H3/t13-/m0/s1. The van der Waals surface area contributed by atoms with Crippen molar-refractivity contribution in [1.29, 1.82) is 0 Å². The van der Waals surface area contributed by atoms with E-state index in [9.17, 15) is 5.11 Å². The summed E-state index contributed by atoms with van der Waals surface area (Å²) in [5.74, 6) is 1.05. The molecule has 0 radical (unpaired) electrons. The Balaban J connectivity index is 2.18. The second-order valence-electron chi connectivity index (χ2n) is 4.60. The molecule has 0 amide bonds. The number of hydrogen-bond donors (Lipinski definition) is 2. The summed E-state index contributed by atoms with van der Waals surface area (Å²) in [5, 5.41) is 10.2. The maximum absolute atomic E-state index is 10.2. The predicted octanol–water partition coefficient (Wildman–Crippen LogP) is 2.22. The second-order valence-corrected chi connectivity index (χ2v) is 4.60. The van der Waals surface area contributed by atoms with Gasteiger partial charge >= 0.3 is 0 Å². The molecule has 1 saturated heterocycles. The summed E-state index contributed by atoms with van der Waals surface area (Å²) in [7, 11) is 0. The zero-order chi connectivity index (χ0) is 13.0. The van der Waals surface area contributed by atoms with Gasteiger partial charge in [-0.05, 0) is 31.7 Å². The van der Waals surface area contributed by atoms with Crippen LogP contribution in [-0.2, 0) is 4.74 Å². The molecule has 0 spiro atoms. The first-order valence-corrected chi connectivity index (χ1v) is 6.52. The number of ether oxygens (including phenoxy) is 2. The summed E-state index contributed by atoms with van der Waals surface area (Å²) in [6.45, 7) is 3.93. The summed E-state index contributed by atoms with van der Waals surface area (Å²) in [5.41, 5.74) is 7.04. The van der Waals surface area contributed by atoms with E-state index in [1.807, 2.05) is 19.1 Å². The molecule has 1 fully saturated rings. The summed E-state index contributed by atoms with van der Waals surface area (Å²) in [4.78, 5) is 0. The molecular weight excluding hydrogens is 230 g/mol. The molecule has 18 heavy (non-hydrogen) atoms. The summed E-state index contributed by atoms with van der Waals surface area (Å²) < 4.78 is 10.7. The van der Waals surface area contributed by atoms with Crippen LogP contribution in [0.15, 0.2) is 18.2 Å². The van der Waals surface area contributed by atoms with Crippen LogP contribution in [-0.4, -0.2) is 24.9 Å². The quantitative estimate of drug-likeness (QED) is 0.861. The third-order valence-corrected chi connectivity index (χ3v) is 3.46. The molecule has 4 heteroatoms. The number of nitrogens with two attached hydrogens (primary N) is 1. The Morgan fingerprint density at radius 3 is 2.83 bits per heavy atom. The van der Waals surface area contributed by atoms with Crippen LogP contribution in [0.5, 0.6) is 11.5 Å². The maximum atomic E-state index is 10.2. The average molecular weight is 251 g/mol. The Labute approximate surface area is 108 Å². The molecule has 0 aromatic heterocycles. The van der Waals surface area contributed by atoms with Crippen molar-refractivity contribution in [3.63, 3.8) is 0 Å². The molecule has 1 aromatic carbocycles. The van der Waals surface area contributed by atoms with Crippen LogP contribution in [0.2, 0.25) is 0 Å². The van der Waals surface area contributed by atoms with E-state index in [0.717, 1.165) is 31.6 Å². The van der Waals surface area contributed by atoms with Gasteiger partial charge in [0.05, 0.1) is 6.61 Å². The third-order valence-electron chi connectivity index (χ3n) is 3.46. The van der Waals surface area contributed by atoms with Gasteiger partial charge in [-0.3, -0.25) is 0 Å². The SMILES string of the molecule is CCOc1cccc([C@@H](N)C2CCOCC2)c1O. The lowest BCUT2D eigenvalue weighted by atomic mass is 9.87. The number of hydrogen-bond acceptors (Lipinski definition) is 4. The Hall–Kier alpha value is -1.26. The first-order valence-electron chi connectivity index (χ1n) is 6.52. The van der Waals surface area contributed by atoms with E-state index in [0.29, 0.717) is 18.3 Å². The van der Waals surface area contributed by atoms with Crippen LogP contribution in [0.4, 0.5) is 0 Å². The fraction of sp³-hybridized carbons (Fsp3) is 0.571. The molecule has 0 bridgehead atoms. The Kier molecular flexibility index (Phi) is 4.44. The first-order chi connectivity index (χ1) is 8.74. The van der Waals surface area contributed by atoms with Crippen LogP contribution in [0.25, 0.3) is 0 Å². The molecule has 1 aliphatic heterocycles. The highest BCUT2D eigenvalue weighted by Crippen LogP contribution is 2.37. The fourth-order valence-corrected chi connectivity index (χ4v) is 2.41. The third kappa shape index (κ3) is 2.76. The molecule has 0 unspecified atom stereocenters. The molecular formula is C14H21NO3.